The van der Waals surface area contributed by atoms with Gasteiger partial charge in [-0.15, -0.1) is 6.58 Å². The molecule has 0 fully saturated rings. The molecule has 0 atom stereocenters. The first kappa shape index (κ1) is 21.3. The van der Waals surface area contributed by atoms with Crippen LogP contribution < -0.4 is 10.2 Å². The smallest absolute Gasteiger partial charge is 0.258 e. The maximum Gasteiger partial charge on any atom is 0.258 e. The van der Waals surface area contributed by atoms with Crippen LogP contribution in [0.2, 0.25) is 5.02 Å². The van der Waals surface area contributed by atoms with Gasteiger partial charge in [0, 0.05) is 22.8 Å². The first-order valence-electron chi connectivity index (χ1n) is 9.64. The Balaban J connectivity index is 1.84. The second-order valence-electron chi connectivity index (χ2n) is 6.82. The van der Waals surface area contributed by atoms with E-state index in [4.69, 9.17) is 11.6 Å². The molecule has 0 unspecified atom stereocenters. The van der Waals surface area contributed by atoms with Crippen molar-refractivity contribution in [1.82, 2.24) is 5.32 Å². The number of nitrogens with zero attached hydrogens (tertiary/aromatic N) is 1. The third-order valence-corrected chi connectivity index (χ3v) is 4.83. The highest BCUT2D eigenvalue weighted by molar-refractivity contribution is 6.30. The first-order valence-corrected chi connectivity index (χ1v) is 10.0. The average Bonchev–Trinajstić information content (AvgIpc) is 2.77. The molecule has 0 aliphatic heterocycles. The summed E-state index contributed by atoms with van der Waals surface area (Å²) in [5, 5.41) is 3.35. The normalized spacial score (nSPS) is 10.3. The van der Waals surface area contributed by atoms with Crippen molar-refractivity contribution in [3.63, 3.8) is 0 Å². The molecule has 1 N–H and O–H groups in total. The molecule has 0 bridgehead atoms. The van der Waals surface area contributed by atoms with E-state index in [2.05, 4.69) is 11.9 Å². The third kappa shape index (κ3) is 5.82. The molecule has 4 nitrogen and oxygen atoms in total. The minimum atomic E-state index is -0.119. The molecule has 0 aromatic heterocycles. The summed E-state index contributed by atoms with van der Waals surface area (Å²) in [6.45, 7) is 4.47. The summed E-state index contributed by atoms with van der Waals surface area (Å²) in [5.41, 5.74) is 3.21. The highest BCUT2D eigenvalue weighted by Crippen LogP contribution is 2.22. The molecular formula is C25H23ClN2O2. The van der Waals surface area contributed by atoms with Crippen molar-refractivity contribution < 1.29 is 9.59 Å². The molecule has 0 aliphatic rings. The van der Waals surface area contributed by atoms with E-state index in [1.54, 1.807) is 35.2 Å². The molecule has 3 rings (SSSR count). The summed E-state index contributed by atoms with van der Waals surface area (Å²) in [4.78, 5) is 26.9. The Kier molecular flexibility index (Phi) is 7.41. The maximum absolute atomic E-state index is 13.3. The van der Waals surface area contributed by atoms with Crippen molar-refractivity contribution in [1.29, 1.82) is 0 Å². The van der Waals surface area contributed by atoms with Gasteiger partial charge in [-0.2, -0.15) is 0 Å². The van der Waals surface area contributed by atoms with Gasteiger partial charge in [0.15, 0.2) is 0 Å². The summed E-state index contributed by atoms with van der Waals surface area (Å²) in [5.74, 6) is -0.187. The van der Waals surface area contributed by atoms with Gasteiger partial charge in [0.2, 0.25) is 5.91 Å². The summed E-state index contributed by atoms with van der Waals surface area (Å²) >= 11 is 5.97. The molecule has 3 aromatic rings. The number of amides is 2. The highest BCUT2D eigenvalue weighted by Gasteiger charge is 2.18. The minimum absolute atomic E-state index is 0.0685. The second kappa shape index (κ2) is 10.4. The SMILES string of the molecule is C=CCNC(=O)Cc1ccc(N(Cc2ccccc2)C(=O)c2ccc(Cl)cc2)cc1. The Morgan fingerprint density at radius 1 is 0.900 bits per heavy atom. The lowest BCUT2D eigenvalue weighted by Crippen LogP contribution is -2.30. The van der Waals surface area contributed by atoms with Crippen molar-refractivity contribution >= 4 is 29.1 Å². The number of halogens is 1. The van der Waals surface area contributed by atoms with Crippen molar-refractivity contribution in [3.8, 4) is 0 Å². The fraction of sp³-hybridized carbons (Fsp3) is 0.120. The van der Waals surface area contributed by atoms with Crippen molar-refractivity contribution in [2.45, 2.75) is 13.0 Å². The minimum Gasteiger partial charge on any atom is -0.352 e. The molecule has 2 amide bonds. The topological polar surface area (TPSA) is 49.4 Å². The number of carbonyl (C=O) groups is 2. The largest absolute Gasteiger partial charge is 0.352 e. The third-order valence-electron chi connectivity index (χ3n) is 4.58. The van der Waals surface area contributed by atoms with Crippen molar-refractivity contribution in [2.24, 2.45) is 0 Å². The highest BCUT2D eigenvalue weighted by atomic mass is 35.5. The summed E-state index contributed by atoms with van der Waals surface area (Å²) in [6.07, 6.45) is 1.92. The van der Waals surface area contributed by atoms with Crippen LogP contribution in [0.4, 0.5) is 5.69 Å². The molecule has 0 saturated carbocycles. The molecule has 0 heterocycles. The van der Waals surface area contributed by atoms with Gasteiger partial charge in [0.1, 0.15) is 0 Å². The van der Waals surface area contributed by atoms with Gasteiger partial charge < -0.3 is 10.2 Å². The maximum atomic E-state index is 13.3. The molecule has 0 radical (unpaired) electrons. The van der Waals surface area contributed by atoms with E-state index in [-0.39, 0.29) is 18.2 Å². The fourth-order valence-corrected chi connectivity index (χ4v) is 3.15. The predicted octanol–water partition coefficient (Wildman–Crippen LogP) is 5.03. The van der Waals surface area contributed by atoms with E-state index in [0.717, 1.165) is 16.8 Å². The molecule has 5 heteroatoms. The molecule has 0 spiro atoms. The first-order chi connectivity index (χ1) is 14.6. The Labute approximate surface area is 181 Å². The van der Waals surface area contributed by atoms with E-state index in [1.807, 2.05) is 54.6 Å². The summed E-state index contributed by atoms with van der Waals surface area (Å²) < 4.78 is 0. The fourth-order valence-electron chi connectivity index (χ4n) is 3.02. The number of anilines is 1. The number of benzene rings is 3. The van der Waals surface area contributed by atoms with Crippen LogP contribution >= 0.6 is 11.6 Å². The van der Waals surface area contributed by atoms with E-state index < -0.39 is 0 Å². The van der Waals surface area contributed by atoms with Crippen LogP contribution in [0.5, 0.6) is 0 Å². The van der Waals surface area contributed by atoms with Crippen molar-refractivity contribution in [3.05, 3.63) is 113 Å². The van der Waals surface area contributed by atoms with Crippen molar-refractivity contribution in [2.75, 3.05) is 11.4 Å². The molecule has 3 aromatic carbocycles. The molecule has 0 aliphatic carbocycles. The van der Waals surface area contributed by atoms with Gasteiger partial charge in [-0.05, 0) is 47.5 Å². The molecule has 152 valence electrons. The van der Waals surface area contributed by atoms with Gasteiger partial charge in [0.05, 0.1) is 13.0 Å². The lowest BCUT2D eigenvalue weighted by atomic mass is 10.1. The zero-order valence-corrected chi connectivity index (χ0v) is 17.3. The Bertz CT molecular complexity index is 1000. The number of hydrogen-bond acceptors (Lipinski definition) is 2. The molecular weight excluding hydrogens is 396 g/mol. The predicted molar refractivity (Wildman–Crippen MR) is 122 cm³/mol. The van der Waals surface area contributed by atoms with Crippen LogP contribution in [-0.4, -0.2) is 18.4 Å². The summed E-state index contributed by atoms with van der Waals surface area (Å²) in [6, 6.07) is 24.2. The molecule has 30 heavy (non-hydrogen) atoms. The van der Waals surface area contributed by atoms with Crippen LogP contribution in [0.1, 0.15) is 21.5 Å². The van der Waals surface area contributed by atoms with E-state index >= 15 is 0 Å². The number of carbonyl (C=O) groups excluding carboxylic acids is 2. The molecule has 0 saturated heterocycles. The quantitative estimate of drug-likeness (QED) is 0.521. The van der Waals surface area contributed by atoms with Crippen LogP contribution in [0.25, 0.3) is 0 Å². The summed E-state index contributed by atoms with van der Waals surface area (Å²) in [7, 11) is 0. The Morgan fingerprint density at radius 2 is 1.57 bits per heavy atom. The van der Waals surface area contributed by atoms with E-state index in [0.29, 0.717) is 23.7 Å². The van der Waals surface area contributed by atoms with Crippen LogP contribution in [0.3, 0.4) is 0 Å². The standard InChI is InChI=1S/C25H23ClN2O2/c1-2-16-27-24(29)17-19-8-14-23(15-9-19)28(18-20-6-4-3-5-7-20)25(30)21-10-12-22(26)13-11-21/h2-15H,1,16-18H2,(H,27,29). The number of rotatable bonds is 8. The van der Waals surface area contributed by atoms with E-state index in [1.165, 1.54) is 0 Å². The van der Waals surface area contributed by atoms with Crippen LogP contribution in [0.15, 0.2) is 91.5 Å². The van der Waals surface area contributed by atoms with Gasteiger partial charge in [-0.25, -0.2) is 0 Å². The average molecular weight is 419 g/mol. The Hall–Kier alpha value is -3.37. The zero-order valence-electron chi connectivity index (χ0n) is 16.6. The lowest BCUT2D eigenvalue weighted by Gasteiger charge is -2.23. The number of hydrogen-bond donors (Lipinski definition) is 1. The van der Waals surface area contributed by atoms with Gasteiger partial charge in [-0.1, -0.05) is 60.1 Å². The van der Waals surface area contributed by atoms with Crippen LogP contribution in [0, 0.1) is 0 Å². The monoisotopic (exact) mass is 418 g/mol. The van der Waals surface area contributed by atoms with Gasteiger partial charge in [0.25, 0.3) is 5.91 Å². The van der Waals surface area contributed by atoms with Gasteiger partial charge >= 0.3 is 0 Å². The number of nitrogens with one attached hydrogen (secondary N) is 1. The zero-order chi connectivity index (χ0) is 21.3. The Morgan fingerprint density at radius 3 is 2.20 bits per heavy atom. The second-order valence-corrected chi connectivity index (χ2v) is 7.26. The van der Waals surface area contributed by atoms with Crippen LogP contribution in [-0.2, 0) is 17.8 Å². The van der Waals surface area contributed by atoms with E-state index in [9.17, 15) is 9.59 Å². The lowest BCUT2D eigenvalue weighted by molar-refractivity contribution is -0.120. The van der Waals surface area contributed by atoms with Gasteiger partial charge in [-0.3, -0.25) is 9.59 Å².